The quantitative estimate of drug-likeness (QED) is 0.791. The van der Waals surface area contributed by atoms with Gasteiger partial charge in [0.05, 0.1) is 14.2 Å². The van der Waals surface area contributed by atoms with Gasteiger partial charge in [-0.05, 0) is 29.8 Å². The van der Waals surface area contributed by atoms with E-state index in [1.807, 2.05) is 0 Å². The van der Waals surface area contributed by atoms with Gasteiger partial charge in [0.1, 0.15) is 6.04 Å². The Bertz CT molecular complexity index is 715. The van der Waals surface area contributed by atoms with Gasteiger partial charge in [0, 0.05) is 12.0 Å². The van der Waals surface area contributed by atoms with E-state index in [-0.39, 0.29) is 18.1 Å². The van der Waals surface area contributed by atoms with Crippen molar-refractivity contribution < 1.29 is 24.2 Å². The molecule has 2 rings (SSSR count). The summed E-state index contributed by atoms with van der Waals surface area (Å²) in [6, 6.07) is 12.5. The summed E-state index contributed by atoms with van der Waals surface area (Å²) in [4.78, 5) is 24.2. The second kappa shape index (κ2) is 8.01. The zero-order valence-electron chi connectivity index (χ0n) is 13.5. The number of rotatable bonds is 6. The van der Waals surface area contributed by atoms with Gasteiger partial charge in [-0.15, -0.1) is 0 Å². The number of ether oxygens (including phenoxy) is 2. The van der Waals surface area contributed by atoms with E-state index in [2.05, 4.69) is 5.32 Å². The topological polar surface area (TPSA) is 84.9 Å². The number of hydrogen-bond donors (Lipinski definition) is 2. The van der Waals surface area contributed by atoms with Crippen molar-refractivity contribution in [3.05, 3.63) is 59.7 Å². The van der Waals surface area contributed by atoms with Crippen LogP contribution in [0.5, 0.6) is 11.5 Å². The Labute approximate surface area is 140 Å². The van der Waals surface area contributed by atoms with Crippen LogP contribution in [0.3, 0.4) is 0 Å². The number of nitrogens with one attached hydrogen (secondary N) is 1. The molecule has 0 aliphatic rings. The summed E-state index contributed by atoms with van der Waals surface area (Å²) >= 11 is 0. The molecule has 0 radical (unpaired) electrons. The SMILES string of the molecule is COC(=O)[C@@H](Cc1ccc(O)c(OC)c1)NC(=O)c1ccccc1. The first kappa shape index (κ1) is 17.3. The zero-order chi connectivity index (χ0) is 17.5. The van der Waals surface area contributed by atoms with Gasteiger partial charge in [0.2, 0.25) is 0 Å². The van der Waals surface area contributed by atoms with Gasteiger partial charge in [-0.1, -0.05) is 24.3 Å². The van der Waals surface area contributed by atoms with Crippen molar-refractivity contribution >= 4 is 11.9 Å². The summed E-state index contributed by atoms with van der Waals surface area (Å²) in [6.45, 7) is 0. The minimum absolute atomic E-state index is 0.00388. The third kappa shape index (κ3) is 4.25. The van der Waals surface area contributed by atoms with Crippen molar-refractivity contribution in [2.75, 3.05) is 14.2 Å². The van der Waals surface area contributed by atoms with Crippen molar-refractivity contribution in [1.82, 2.24) is 5.32 Å². The first-order valence-corrected chi connectivity index (χ1v) is 7.34. The van der Waals surface area contributed by atoms with Crippen LogP contribution in [0, 0.1) is 0 Å². The molecule has 1 atom stereocenters. The van der Waals surface area contributed by atoms with E-state index in [4.69, 9.17) is 9.47 Å². The normalized spacial score (nSPS) is 11.4. The fourth-order valence-electron chi connectivity index (χ4n) is 2.25. The smallest absolute Gasteiger partial charge is 0.328 e. The molecule has 0 heterocycles. The fraction of sp³-hybridized carbons (Fsp3) is 0.222. The molecule has 2 aromatic carbocycles. The van der Waals surface area contributed by atoms with Crippen LogP contribution in [0.4, 0.5) is 0 Å². The molecular weight excluding hydrogens is 310 g/mol. The molecule has 2 aromatic rings. The number of carbonyl (C=O) groups is 2. The molecule has 6 heteroatoms. The lowest BCUT2D eigenvalue weighted by molar-refractivity contribution is -0.142. The number of carbonyl (C=O) groups excluding carboxylic acids is 2. The monoisotopic (exact) mass is 329 g/mol. The van der Waals surface area contributed by atoms with Crippen LogP contribution in [0.1, 0.15) is 15.9 Å². The summed E-state index contributed by atoms with van der Waals surface area (Å²) in [5.41, 5.74) is 1.17. The molecule has 0 aliphatic carbocycles. The molecule has 0 unspecified atom stereocenters. The number of methoxy groups -OCH3 is 2. The summed E-state index contributed by atoms with van der Waals surface area (Å²) in [6.07, 6.45) is 0.210. The number of phenols is 1. The maximum atomic E-state index is 12.3. The highest BCUT2D eigenvalue weighted by Gasteiger charge is 2.23. The predicted octanol–water partition coefficient (Wildman–Crippen LogP) is 1.91. The largest absolute Gasteiger partial charge is 0.504 e. The fourth-order valence-corrected chi connectivity index (χ4v) is 2.25. The van der Waals surface area contributed by atoms with Crippen molar-refractivity contribution in [2.45, 2.75) is 12.5 Å². The first-order chi connectivity index (χ1) is 11.5. The lowest BCUT2D eigenvalue weighted by Crippen LogP contribution is -2.43. The highest BCUT2D eigenvalue weighted by Crippen LogP contribution is 2.26. The molecule has 24 heavy (non-hydrogen) atoms. The van der Waals surface area contributed by atoms with Crippen LogP contribution in [-0.4, -0.2) is 37.2 Å². The average molecular weight is 329 g/mol. The molecule has 0 spiro atoms. The number of benzene rings is 2. The highest BCUT2D eigenvalue weighted by atomic mass is 16.5. The predicted molar refractivity (Wildman–Crippen MR) is 88.1 cm³/mol. The molecule has 0 aromatic heterocycles. The minimum Gasteiger partial charge on any atom is -0.504 e. The third-order valence-corrected chi connectivity index (χ3v) is 3.51. The maximum absolute atomic E-state index is 12.3. The molecule has 2 N–H and O–H groups in total. The van der Waals surface area contributed by atoms with Crippen LogP contribution in [-0.2, 0) is 16.0 Å². The lowest BCUT2D eigenvalue weighted by atomic mass is 10.0. The standard InChI is InChI=1S/C18H19NO5/c1-23-16-11-12(8-9-15(16)20)10-14(18(22)24-2)19-17(21)13-6-4-3-5-7-13/h3-9,11,14,20H,10H2,1-2H3,(H,19,21)/t14-/m1/s1. The number of esters is 1. The summed E-state index contributed by atoms with van der Waals surface area (Å²) in [7, 11) is 2.70. The third-order valence-electron chi connectivity index (χ3n) is 3.51. The molecule has 0 fully saturated rings. The van der Waals surface area contributed by atoms with E-state index in [0.717, 1.165) is 0 Å². The number of phenolic OH excluding ortho intramolecular Hbond substituents is 1. The number of aromatic hydroxyl groups is 1. The Morgan fingerprint density at radius 1 is 1.12 bits per heavy atom. The van der Waals surface area contributed by atoms with Gasteiger partial charge in [-0.25, -0.2) is 4.79 Å². The average Bonchev–Trinajstić information content (AvgIpc) is 2.62. The Balaban J connectivity index is 2.17. The van der Waals surface area contributed by atoms with Gasteiger partial charge >= 0.3 is 5.97 Å². The lowest BCUT2D eigenvalue weighted by Gasteiger charge is -2.17. The number of amides is 1. The zero-order valence-corrected chi connectivity index (χ0v) is 13.5. The van der Waals surface area contributed by atoms with Crippen molar-refractivity contribution in [2.24, 2.45) is 0 Å². The molecule has 1 amide bonds. The van der Waals surface area contributed by atoms with Crippen LogP contribution < -0.4 is 10.1 Å². The van der Waals surface area contributed by atoms with Gasteiger partial charge in [0.25, 0.3) is 5.91 Å². The number of hydrogen-bond acceptors (Lipinski definition) is 5. The van der Waals surface area contributed by atoms with Crippen molar-refractivity contribution in [3.63, 3.8) is 0 Å². The first-order valence-electron chi connectivity index (χ1n) is 7.34. The minimum atomic E-state index is -0.850. The van der Waals surface area contributed by atoms with E-state index in [1.54, 1.807) is 42.5 Å². The van der Waals surface area contributed by atoms with Crippen LogP contribution >= 0.6 is 0 Å². The van der Waals surface area contributed by atoms with Crippen molar-refractivity contribution in [3.8, 4) is 11.5 Å². The summed E-state index contributed by atoms with van der Waals surface area (Å²) in [5.74, 6) is -0.613. The molecule has 126 valence electrons. The molecular formula is C18H19NO5. The molecule has 0 saturated carbocycles. The van der Waals surface area contributed by atoms with Crippen LogP contribution in [0.15, 0.2) is 48.5 Å². The van der Waals surface area contributed by atoms with E-state index in [9.17, 15) is 14.7 Å². The summed E-state index contributed by atoms with van der Waals surface area (Å²) < 4.78 is 9.82. The Hall–Kier alpha value is -3.02. The highest BCUT2D eigenvalue weighted by molar-refractivity contribution is 5.96. The van der Waals surface area contributed by atoms with Crippen molar-refractivity contribution in [1.29, 1.82) is 0 Å². The second-order valence-electron chi connectivity index (χ2n) is 5.13. The molecule has 0 bridgehead atoms. The van der Waals surface area contributed by atoms with Gasteiger partial charge in [-0.2, -0.15) is 0 Å². The van der Waals surface area contributed by atoms with Gasteiger partial charge in [0.15, 0.2) is 11.5 Å². The van der Waals surface area contributed by atoms with E-state index in [0.29, 0.717) is 16.9 Å². The Morgan fingerprint density at radius 3 is 2.46 bits per heavy atom. The summed E-state index contributed by atoms with van der Waals surface area (Å²) in [5, 5.41) is 12.3. The van der Waals surface area contributed by atoms with Crippen LogP contribution in [0.2, 0.25) is 0 Å². The Kier molecular flexibility index (Phi) is 5.78. The van der Waals surface area contributed by atoms with Gasteiger partial charge in [-0.3, -0.25) is 4.79 Å². The van der Waals surface area contributed by atoms with Crippen LogP contribution in [0.25, 0.3) is 0 Å². The molecule has 0 aliphatic heterocycles. The van der Waals surface area contributed by atoms with E-state index >= 15 is 0 Å². The Morgan fingerprint density at radius 2 is 1.83 bits per heavy atom. The molecule has 0 saturated heterocycles. The van der Waals surface area contributed by atoms with E-state index < -0.39 is 12.0 Å². The van der Waals surface area contributed by atoms with E-state index in [1.165, 1.54) is 20.3 Å². The maximum Gasteiger partial charge on any atom is 0.328 e. The molecule has 6 nitrogen and oxygen atoms in total. The van der Waals surface area contributed by atoms with Gasteiger partial charge < -0.3 is 19.9 Å². The second-order valence-corrected chi connectivity index (χ2v) is 5.13.